The highest BCUT2D eigenvalue weighted by Gasteiger charge is 2.08. The van der Waals surface area contributed by atoms with Crippen LogP contribution in [0.5, 0.6) is 0 Å². The minimum atomic E-state index is -0.190. The molecule has 0 atom stereocenters. The van der Waals surface area contributed by atoms with Gasteiger partial charge in [0.05, 0.1) is 10.2 Å². The van der Waals surface area contributed by atoms with Crippen molar-refractivity contribution in [3.8, 4) is 0 Å². The molecule has 96 valence electrons. The minimum absolute atomic E-state index is 0.190. The fourth-order valence-corrected chi connectivity index (χ4v) is 2.55. The lowest BCUT2D eigenvalue weighted by molar-refractivity contribution is 0.252. The highest BCUT2D eigenvalue weighted by Crippen LogP contribution is 2.28. The van der Waals surface area contributed by atoms with Gasteiger partial charge in [0.2, 0.25) is 0 Å². The van der Waals surface area contributed by atoms with Gasteiger partial charge in [-0.1, -0.05) is 18.3 Å². The molecule has 0 saturated heterocycles. The first-order chi connectivity index (χ1) is 8.60. The molecular weight excluding hydrogens is 246 g/mol. The van der Waals surface area contributed by atoms with Crippen molar-refractivity contribution in [3.05, 3.63) is 23.3 Å². The van der Waals surface area contributed by atoms with E-state index in [1.54, 1.807) is 0 Å². The molecular formula is C13H17N3OS. The average molecular weight is 263 g/mol. The quantitative estimate of drug-likeness (QED) is 0.891. The summed E-state index contributed by atoms with van der Waals surface area (Å²) in [6, 6.07) is 3.97. The topological polar surface area (TPSA) is 54.0 Å². The third-order valence-electron chi connectivity index (χ3n) is 2.76. The largest absolute Gasteiger partial charge is 0.338 e. The molecule has 1 heterocycles. The molecule has 0 fully saturated rings. The van der Waals surface area contributed by atoms with Crippen LogP contribution in [-0.2, 0) is 0 Å². The van der Waals surface area contributed by atoms with E-state index in [0.29, 0.717) is 11.7 Å². The van der Waals surface area contributed by atoms with Crippen molar-refractivity contribution in [2.75, 3.05) is 11.9 Å². The molecule has 0 aliphatic carbocycles. The Hall–Kier alpha value is -1.62. The molecule has 1 aromatic heterocycles. The van der Waals surface area contributed by atoms with E-state index in [-0.39, 0.29) is 6.03 Å². The van der Waals surface area contributed by atoms with E-state index in [9.17, 15) is 4.79 Å². The van der Waals surface area contributed by atoms with Gasteiger partial charge < -0.3 is 5.32 Å². The molecule has 0 aliphatic heterocycles. The van der Waals surface area contributed by atoms with Gasteiger partial charge in [-0.2, -0.15) is 0 Å². The number of nitrogens with zero attached hydrogens (tertiary/aromatic N) is 1. The number of hydrogen-bond acceptors (Lipinski definition) is 3. The Morgan fingerprint density at radius 3 is 2.78 bits per heavy atom. The number of rotatable bonds is 3. The van der Waals surface area contributed by atoms with Gasteiger partial charge >= 0.3 is 6.03 Å². The van der Waals surface area contributed by atoms with Gasteiger partial charge in [-0.15, -0.1) is 0 Å². The summed E-state index contributed by atoms with van der Waals surface area (Å²) in [4.78, 5) is 15.9. The number of benzene rings is 1. The maximum atomic E-state index is 11.5. The zero-order valence-corrected chi connectivity index (χ0v) is 11.6. The third kappa shape index (κ3) is 2.79. The fourth-order valence-electron chi connectivity index (χ4n) is 1.61. The van der Waals surface area contributed by atoms with Crippen LogP contribution in [0.25, 0.3) is 10.2 Å². The van der Waals surface area contributed by atoms with Crippen LogP contribution >= 0.6 is 11.3 Å². The van der Waals surface area contributed by atoms with Gasteiger partial charge in [-0.3, -0.25) is 5.32 Å². The zero-order chi connectivity index (χ0) is 13.1. The maximum absolute atomic E-state index is 11.5. The molecule has 5 heteroatoms. The molecule has 2 aromatic rings. The predicted molar refractivity (Wildman–Crippen MR) is 76.4 cm³/mol. The Labute approximate surface area is 110 Å². The van der Waals surface area contributed by atoms with E-state index in [2.05, 4.69) is 41.6 Å². The van der Waals surface area contributed by atoms with Crippen LogP contribution in [0.2, 0.25) is 0 Å². The van der Waals surface area contributed by atoms with E-state index >= 15 is 0 Å². The molecule has 0 saturated carbocycles. The van der Waals surface area contributed by atoms with Crippen LogP contribution in [0.4, 0.5) is 9.93 Å². The molecule has 2 rings (SSSR count). The standard InChI is InChI=1S/C13H17N3OS/c1-4-5-14-12(17)16-13-15-10-6-8(2)9(3)7-11(10)18-13/h6-7H,4-5H2,1-3H3,(H2,14,15,16,17). The minimum Gasteiger partial charge on any atom is -0.338 e. The summed E-state index contributed by atoms with van der Waals surface area (Å²) in [5, 5.41) is 6.17. The number of anilines is 1. The van der Waals surface area contributed by atoms with Crippen molar-refractivity contribution in [3.63, 3.8) is 0 Å². The second-order valence-electron chi connectivity index (χ2n) is 4.30. The van der Waals surface area contributed by atoms with Crippen molar-refractivity contribution < 1.29 is 4.79 Å². The monoisotopic (exact) mass is 263 g/mol. The van der Waals surface area contributed by atoms with Gasteiger partial charge in [0.15, 0.2) is 5.13 Å². The Morgan fingerprint density at radius 1 is 1.33 bits per heavy atom. The second-order valence-corrected chi connectivity index (χ2v) is 5.33. The number of carbonyl (C=O) groups is 1. The lowest BCUT2D eigenvalue weighted by Crippen LogP contribution is -2.29. The highest BCUT2D eigenvalue weighted by molar-refractivity contribution is 7.22. The molecule has 0 unspecified atom stereocenters. The smallest absolute Gasteiger partial charge is 0.321 e. The van der Waals surface area contributed by atoms with Gasteiger partial charge in [-0.25, -0.2) is 9.78 Å². The number of carbonyl (C=O) groups excluding carboxylic acids is 1. The van der Waals surface area contributed by atoms with Crippen molar-refractivity contribution in [2.24, 2.45) is 0 Å². The molecule has 0 spiro atoms. The van der Waals surface area contributed by atoms with E-state index in [1.807, 2.05) is 6.92 Å². The van der Waals surface area contributed by atoms with E-state index in [0.717, 1.165) is 16.6 Å². The predicted octanol–water partition coefficient (Wildman–Crippen LogP) is 3.44. The van der Waals surface area contributed by atoms with Crippen LogP contribution in [0.3, 0.4) is 0 Å². The Balaban J connectivity index is 2.17. The van der Waals surface area contributed by atoms with Gasteiger partial charge in [0.1, 0.15) is 0 Å². The number of nitrogens with one attached hydrogen (secondary N) is 2. The number of hydrogen-bond donors (Lipinski definition) is 2. The van der Waals surface area contributed by atoms with Crippen LogP contribution in [0, 0.1) is 13.8 Å². The SMILES string of the molecule is CCCNC(=O)Nc1nc2cc(C)c(C)cc2s1. The first-order valence-electron chi connectivity index (χ1n) is 6.02. The summed E-state index contributed by atoms with van der Waals surface area (Å²) < 4.78 is 1.10. The summed E-state index contributed by atoms with van der Waals surface area (Å²) in [7, 11) is 0. The molecule has 0 bridgehead atoms. The van der Waals surface area contributed by atoms with Gasteiger partial charge in [0, 0.05) is 6.54 Å². The number of fused-ring (bicyclic) bond motifs is 1. The Bertz CT molecular complexity index is 538. The van der Waals surface area contributed by atoms with E-state index in [4.69, 9.17) is 0 Å². The van der Waals surface area contributed by atoms with Gasteiger partial charge in [0.25, 0.3) is 0 Å². The summed E-state index contributed by atoms with van der Waals surface area (Å²) in [5.74, 6) is 0. The average Bonchev–Trinajstić information content (AvgIpc) is 2.68. The number of aryl methyl sites for hydroxylation is 2. The normalized spacial score (nSPS) is 10.6. The van der Waals surface area contributed by atoms with E-state index in [1.165, 1.54) is 22.5 Å². The molecule has 0 radical (unpaired) electrons. The first kappa shape index (κ1) is 12.8. The molecule has 2 amide bonds. The molecule has 2 N–H and O–H groups in total. The summed E-state index contributed by atoms with van der Waals surface area (Å²) in [6.45, 7) is 6.84. The summed E-state index contributed by atoms with van der Waals surface area (Å²) in [5.41, 5.74) is 3.40. The zero-order valence-electron chi connectivity index (χ0n) is 10.8. The second kappa shape index (κ2) is 5.35. The van der Waals surface area contributed by atoms with Crippen LogP contribution < -0.4 is 10.6 Å². The van der Waals surface area contributed by atoms with Crippen molar-refractivity contribution >= 4 is 32.7 Å². The van der Waals surface area contributed by atoms with E-state index < -0.39 is 0 Å². The Kier molecular flexibility index (Phi) is 3.81. The number of urea groups is 1. The fraction of sp³-hybridized carbons (Fsp3) is 0.385. The summed E-state index contributed by atoms with van der Waals surface area (Å²) in [6.07, 6.45) is 0.922. The van der Waals surface area contributed by atoms with Crippen molar-refractivity contribution in [1.82, 2.24) is 10.3 Å². The lowest BCUT2D eigenvalue weighted by atomic mass is 10.1. The molecule has 18 heavy (non-hydrogen) atoms. The number of amides is 2. The number of thiazole rings is 1. The maximum Gasteiger partial charge on any atom is 0.321 e. The van der Waals surface area contributed by atoms with Crippen molar-refractivity contribution in [1.29, 1.82) is 0 Å². The lowest BCUT2D eigenvalue weighted by Gasteiger charge is -2.02. The molecule has 4 nitrogen and oxygen atoms in total. The van der Waals surface area contributed by atoms with Crippen LogP contribution in [0.15, 0.2) is 12.1 Å². The molecule has 1 aromatic carbocycles. The summed E-state index contributed by atoms with van der Waals surface area (Å²) >= 11 is 1.50. The van der Waals surface area contributed by atoms with Crippen molar-refractivity contribution in [2.45, 2.75) is 27.2 Å². The van der Waals surface area contributed by atoms with Crippen LogP contribution in [0.1, 0.15) is 24.5 Å². The number of aromatic nitrogens is 1. The molecule has 0 aliphatic rings. The highest BCUT2D eigenvalue weighted by atomic mass is 32.1. The Morgan fingerprint density at radius 2 is 2.06 bits per heavy atom. The van der Waals surface area contributed by atoms with Gasteiger partial charge in [-0.05, 0) is 43.5 Å². The van der Waals surface area contributed by atoms with Crippen LogP contribution in [-0.4, -0.2) is 17.6 Å². The third-order valence-corrected chi connectivity index (χ3v) is 3.69. The first-order valence-corrected chi connectivity index (χ1v) is 6.84.